The summed E-state index contributed by atoms with van der Waals surface area (Å²) >= 11 is 0. The van der Waals surface area contributed by atoms with Crippen LogP contribution in [0, 0.1) is 0 Å². The van der Waals surface area contributed by atoms with E-state index < -0.39 is 0 Å². The minimum Gasteiger partial charge on any atom is -0.396 e. The lowest BCUT2D eigenvalue weighted by Gasteiger charge is -2.07. The summed E-state index contributed by atoms with van der Waals surface area (Å²) in [7, 11) is 0. The fourth-order valence-electron chi connectivity index (χ4n) is 1.81. The fraction of sp³-hybridized carbons (Fsp3) is 0.125. The van der Waals surface area contributed by atoms with Gasteiger partial charge in [-0.05, 0) is 28.7 Å². The molecule has 0 amide bonds. The summed E-state index contributed by atoms with van der Waals surface area (Å²) < 4.78 is 0. The van der Waals surface area contributed by atoms with Crippen molar-refractivity contribution in [3.63, 3.8) is 0 Å². The van der Waals surface area contributed by atoms with Crippen molar-refractivity contribution in [2.75, 3.05) is 6.61 Å². The smallest absolute Gasteiger partial charge is 0.0471 e. The highest BCUT2D eigenvalue weighted by Crippen LogP contribution is 2.21. The van der Waals surface area contributed by atoms with Gasteiger partial charge in [0.1, 0.15) is 0 Å². The van der Waals surface area contributed by atoms with Gasteiger partial charge >= 0.3 is 0 Å². The lowest BCUT2D eigenvalue weighted by molar-refractivity contribution is 0.299. The van der Waals surface area contributed by atoms with Gasteiger partial charge in [-0.1, -0.05) is 61.2 Å². The lowest BCUT2D eigenvalue weighted by Crippen LogP contribution is -1.91. The molecule has 0 spiro atoms. The highest BCUT2D eigenvalue weighted by atomic mass is 16.2. The Morgan fingerprint density at radius 1 is 0.882 bits per heavy atom. The quantitative estimate of drug-likeness (QED) is 0.845. The number of aliphatic hydroxyl groups excluding tert-OH is 1. The Labute approximate surface area is 102 Å². The zero-order chi connectivity index (χ0) is 12.1. The Kier molecular flexibility index (Phi) is 3.73. The number of hydrogen-bond acceptors (Lipinski definition) is 1. The van der Waals surface area contributed by atoms with Crippen LogP contribution in [-0.2, 0) is 6.42 Å². The molecular formula is C16H16O. The van der Waals surface area contributed by atoms with Crippen molar-refractivity contribution in [2.24, 2.45) is 0 Å². The second-order valence-electron chi connectivity index (χ2n) is 4.02. The standard InChI is InChI=1S/C16H16O/c1-13(15-5-3-2-4-6-15)16-9-7-14(8-10-16)11-12-17/h2-10,17H,1,11-12H2. The second kappa shape index (κ2) is 5.46. The molecule has 0 aliphatic carbocycles. The summed E-state index contributed by atoms with van der Waals surface area (Å²) in [6.07, 6.45) is 0.706. The molecule has 17 heavy (non-hydrogen) atoms. The summed E-state index contributed by atoms with van der Waals surface area (Å²) in [4.78, 5) is 0. The molecule has 2 aromatic rings. The topological polar surface area (TPSA) is 20.2 Å². The minimum atomic E-state index is 0.193. The SMILES string of the molecule is C=C(c1ccccc1)c1ccc(CCO)cc1. The van der Waals surface area contributed by atoms with Gasteiger partial charge < -0.3 is 5.11 Å². The number of hydrogen-bond donors (Lipinski definition) is 1. The Bertz CT molecular complexity index is 483. The molecule has 0 heterocycles. The van der Waals surface area contributed by atoms with E-state index in [0.717, 1.165) is 22.3 Å². The highest BCUT2D eigenvalue weighted by molar-refractivity contribution is 5.77. The van der Waals surface area contributed by atoms with Crippen LogP contribution < -0.4 is 0 Å². The fourth-order valence-corrected chi connectivity index (χ4v) is 1.81. The molecule has 1 nitrogen and oxygen atoms in total. The van der Waals surface area contributed by atoms with Crippen LogP contribution in [0.4, 0.5) is 0 Å². The molecule has 0 saturated heterocycles. The van der Waals surface area contributed by atoms with Crippen LogP contribution in [0.3, 0.4) is 0 Å². The molecule has 1 N–H and O–H groups in total. The predicted molar refractivity (Wildman–Crippen MR) is 71.8 cm³/mol. The summed E-state index contributed by atoms with van der Waals surface area (Å²) in [6.45, 7) is 4.31. The molecule has 0 aliphatic heterocycles. The molecule has 2 aromatic carbocycles. The molecule has 0 aromatic heterocycles. The molecule has 86 valence electrons. The van der Waals surface area contributed by atoms with E-state index in [1.807, 2.05) is 30.3 Å². The summed E-state index contributed by atoms with van der Waals surface area (Å²) in [6, 6.07) is 18.3. The van der Waals surface area contributed by atoms with Crippen molar-refractivity contribution in [1.82, 2.24) is 0 Å². The first-order valence-electron chi connectivity index (χ1n) is 5.76. The third-order valence-corrected chi connectivity index (χ3v) is 2.83. The molecule has 2 rings (SSSR count). The van der Waals surface area contributed by atoms with E-state index >= 15 is 0 Å². The number of aliphatic hydroxyl groups is 1. The van der Waals surface area contributed by atoms with Crippen molar-refractivity contribution in [1.29, 1.82) is 0 Å². The van der Waals surface area contributed by atoms with E-state index in [2.05, 4.69) is 30.8 Å². The molecule has 0 saturated carbocycles. The van der Waals surface area contributed by atoms with Crippen LogP contribution in [0.15, 0.2) is 61.2 Å². The Morgan fingerprint density at radius 3 is 2.06 bits per heavy atom. The van der Waals surface area contributed by atoms with Gasteiger partial charge in [-0.15, -0.1) is 0 Å². The van der Waals surface area contributed by atoms with Gasteiger partial charge in [0.2, 0.25) is 0 Å². The van der Waals surface area contributed by atoms with Crippen molar-refractivity contribution in [3.05, 3.63) is 77.9 Å². The van der Waals surface area contributed by atoms with Gasteiger partial charge in [-0.25, -0.2) is 0 Å². The number of benzene rings is 2. The van der Waals surface area contributed by atoms with Crippen molar-refractivity contribution in [3.8, 4) is 0 Å². The maximum Gasteiger partial charge on any atom is 0.0471 e. The van der Waals surface area contributed by atoms with Crippen LogP contribution >= 0.6 is 0 Å². The van der Waals surface area contributed by atoms with Gasteiger partial charge in [-0.2, -0.15) is 0 Å². The summed E-state index contributed by atoms with van der Waals surface area (Å²) in [5, 5.41) is 8.86. The molecule has 0 radical (unpaired) electrons. The van der Waals surface area contributed by atoms with Gasteiger partial charge in [0.15, 0.2) is 0 Å². The van der Waals surface area contributed by atoms with E-state index in [4.69, 9.17) is 5.11 Å². The predicted octanol–water partition coefficient (Wildman–Crippen LogP) is 3.28. The molecule has 0 atom stereocenters. The third-order valence-electron chi connectivity index (χ3n) is 2.83. The highest BCUT2D eigenvalue weighted by Gasteiger charge is 2.01. The Balaban J connectivity index is 2.20. The lowest BCUT2D eigenvalue weighted by atomic mass is 9.98. The van der Waals surface area contributed by atoms with Crippen LogP contribution in [0.2, 0.25) is 0 Å². The van der Waals surface area contributed by atoms with Gasteiger partial charge in [0, 0.05) is 6.61 Å². The minimum absolute atomic E-state index is 0.193. The van der Waals surface area contributed by atoms with Gasteiger partial charge in [-0.3, -0.25) is 0 Å². The Morgan fingerprint density at radius 2 is 1.47 bits per heavy atom. The van der Waals surface area contributed by atoms with E-state index in [1.54, 1.807) is 0 Å². The van der Waals surface area contributed by atoms with E-state index in [-0.39, 0.29) is 6.61 Å². The maximum atomic E-state index is 8.86. The third kappa shape index (κ3) is 2.83. The van der Waals surface area contributed by atoms with Crippen LogP contribution in [-0.4, -0.2) is 11.7 Å². The van der Waals surface area contributed by atoms with Gasteiger partial charge in [0.25, 0.3) is 0 Å². The van der Waals surface area contributed by atoms with E-state index in [9.17, 15) is 0 Å². The molecule has 0 aliphatic rings. The zero-order valence-corrected chi connectivity index (χ0v) is 9.76. The Hall–Kier alpha value is -1.86. The first-order chi connectivity index (χ1) is 8.31. The molecular weight excluding hydrogens is 208 g/mol. The monoisotopic (exact) mass is 224 g/mol. The average Bonchev–Trinajstić information content (AvgIpc) is 2.40. The number of rotatable bonds is 4. The summed E-state index contributed by atoms with van der Waals surface area (Å²) in [5.41, 5.74) is 4.44. The van der Waals surface area contributed by atoms with E-state index in [1.165, 1.54) is 0 Å². The molecule has 0 unspecified atom stereocenters. The first kappa shape index (κ1) is 11.6. The first-order valence-corrected chi connectivity index (χ1v) is 5.76. The van der Waals surface area contributed by atoms with Crippen molar-refractivity contribution in [2.45, 2.75) is 6.42 Å². The maximum absolute atomic E-state index is 8.86. The van der Waals surface area contributed by atoms with Crippen molar-refractivity contribution < 1.29 is 5.11 Å². The van der Waals surface area contributed by atoms with Crippen LogP contribution in [0.5, 0.6) is 0 Å². The second-order valence-corrected chi connectivity index (χ2v) is 4.02. The summed E-state index contributed by atoms with van der Waals surface area (Å²) in [5.74, 6) is 0. The normalized spacial score (nSPS) is 10.2. The molecule has 1 heteroatoms. The van der Waals surface area contributed by atoms with E-state index in [0.29, 0.717) is 6.42 Å². The van der Waals surface area contributed by atoms with Crippen LogP contribution in [0.1, 0.15) is 16.7 Å². The molecule has 0 fully saturated rings. The zero-order valence-electron chi connectivity index (χ0n) is 9.76. The van der Waals surface area contributed by atoms with Crippen LogP contribution in [0.25, 0.3) is 5.57 Å². The van der Waals surface area contributed by atoms with Crippen molar-refractivity contribution >= 4 is 5.57 Å². The average molecular weight is 224 g/mol. The van der Waals surface area contributed by atoms with Gasteiger partial charge in [0.05, 0.1) is 0 Å². The molecule has 0 bridgehead atoms. The largest absolute Gasteiger partial charge is 0.396 e.